The zero-order valence-electron chi connectivity index (χ0n) is 17.5. The number of hydrogen-bond acceptors (Lipinski definition) is 6. The molecule has 6 nitrogen and oxygen atoms in total. The summed E-state index contributed by atoms with van der Waals surface area (Å²) in [5.41, 5.74) is 2.91. The summed E-state index contributed by atoms with van der Waals surface area (Å²) in [6.07, 6.45) is 4.34. The van der Waals surface area contributed by atoms with Crippen molar-refractivity contribution in [3.63, 3.8) is 0 Å². The fraction of sp³-hybridized carbons (Fsp3) is 0.348. The fourth-order valence-corrected chi connectivity index (χ4v) is 4.86. The van der Waals surface area contributed by atoms with Crippen molar-refractivity contribution in [1.82, 2.24) is 14.5 Å². The Morgan fingerprint density at radius 3 is 3.00 bits per heavy atom. The minimum Gasteiger partial charge on any atom is -0.364 e. The molecule has 0 aliphatic heterocycles. The van der Waals surface area contributed by atoms with E-state index in [9.17, 15) is 9.18 Å². The van der Waals surface area contributed by atoms with Crippen molar-refractivity contribution in [2.45, 2.75) is 38.5 Å². The summed E-state index contributed by atoms with van der Waals surface area (Å²) in [6, 6.07) is 9.24. The molecule has 32 heavy (non-hydrogen) atoms. The number of aryl methyl sites for hydroxylation is 1. The third-order valence-electron chi connectivity index (χ3n) is 5.71. The predicted octanol–water partition coefficient (Wildman–Crippen LogP) is 5.25. The molecule has 0 spiro atoms. The molecule has 9 heteroatoms. The van der Waals surface area contributed by atoms with Gasteiger partial charge in [0.1, 0.15) is 23.5 Å². The molecule has 0 saturated heterocycles. The molecule has 1 aliphatic carbocycles. The van der Waals surface area contributed by atoms with Gasteiger partial charge in [0.25, 0.3) is 0 Å². The second kappa shape index (κ2) is 10.0. The lowest BCUT2D eigenvalue weighted by Gasteiger charge is -2.17. The molecule has 1 aliphatic rings. The monoisotopic (exact) mass is 474 g/mol. The Morgan fingerprint density at radius 2 is 2.22 bits per heavy atom. The van der Waals surface area contributed by atoms with Gasteiger partial charge in [-0.1, -0.05) is 41.4 Å². The van der Waals surface area contributed by atoms with Crippen molar-refractivity contribution in [2.24, 2.45) is 5.92 Å². The molecule has 0 bridgehead atoms. The molecule has 1 aromatic carbocycles. The lowest BCUT2D eigenvalue weighted by Crippen LogP contribution is -2.27. The highest BCUT2D eigenvalue weighted by molar-refractivity contribution is 7.93. The van der Waals surface area contributed by atoms with Gasteiger partial charge >= 0.3 is 0 Å². The number of anilines is 1. The third kappa shape index (κ3) is 5.14. The van der Waals surface area contributed by atoms with Gasteiger partial charge in [-0.15, -0.1) is 0 Å². The minimum atomic E-state index is -1.07. The van der Waals surface area contributed by atoms with E-state index in [1.807, 2.05) is 29.7 Å². The van der Waals surface area contributed by atoms with Crippen LogP contribution in [-0.2, 0) is 6.54 Å². The van der Waals surface area contributed by atoms with Crippen LogP contribution >= 0.6 is 23.6 Å². The van der Waals surface area contributed by atoms with E-state index in [0.717, 1.165) is 23.2 Å². The van der Waals surface area contributed by atoms with Crippen LogP contribution in [0.4, 0.5) is 10.2 Å². The molecule has 1 saturated carbocycles. The van der Waals surface area contributed by atoms with Crippen LogP contribution in [0.25, 0.3) is 0 Å². The molecule has 3 aromatic rings. The van der Waals surface area contributed by atoms with Crippen molar-refractivity contribution >= 4 is 35.2 Å². The normalized spacial score (nSPS) is 20.4. The van der Waals surface area contributed by atoms with Crippen molar-refractivity contribution in [1.29, 1.82) is 0 Å². The first-order valence-electron chi connectivity index (χ1n) is 10.4. The molecule has 1 fully saturated rings. The van der Waals surface area contributed by atoms with Gasteiger partial charge < -0.3 is 14.4 Å². The summed E-state index contributed by atoms with van der Waals surface area (Å²) < 4.78 is 25.4. The van der Waals surface area contributed by atoms with E-state index in [1.165, 1.54) is 12.5 Å². The Kier molecular flexibility index (Phi) is 7.13. The molecule has 0 amide bonds. The van der Waals surface area contributed by atoms with Gasteiger partial charge in [0.05, 0.1) is 11.6 Å². The van der Waals surface area contributed by atoms with Gasteiger partial charge in [-0.25, -0.2) is 14.4 Å². The Bertz CT molecular complexity index is 1110. The lowest BCUT2D eigenvalue weighted by atomic mass is 10.1. The second-order valence-corrected chi connectivity index (χ2v) is 9.16. The Hall–Kier alpha value is -2.42. The third-order valence-corrected chi connectivity index (χ3v) is 6.66. The van der Waals surface area contributed by atoms with Gasteiger partial charge in [0, 0.05) is 30.3 Å². The number of hydrogen-bond donors (Lipinski definition) is 2. The predicted molar refractivity (Wildman–Crippen MR) is 125 cm³/mol. The van der Waals surface area contributed by atoms with E-state index in [4.69, 9.17) is 16.2 Å². The van der Waals surface area contributed by atoms with Crippen molar-refractivity contribution < 1.29 is 13.7 Å². The number of halogens is 2. The van der Waals surface area contributed by atoms with E-state index in [2.05, 4.69) is 21.4 Å². The molecule has 0 radical (unpaired) electrons. The number of aromatic nitrogens is 3. The first-order valence-corrected chi connectivity index (χ1v) is 11.7. The van der Waals surface area contributed by atoms with Crippen LogP contribution in [0.2, 0.25) is 5.15 Å². The Morgan fingerprint density at radius 1 is 1.38 bits per heavy atom. The first-order chi connectivity index (χ1) is 15.4. The average molecular weight is 475 g/mol. The van der Waals surface area contributed by atoms with Crippen LogP contribution in [0.15, 0.2) is 49.1 Å². The summed E-state index contributed by atoms with van der Waals surface area (Å²) >= 11 is 7.13. The quantitative estimate of drug-likeness (QED) is 0.342. The minimum absolute atomic E-state index is 0.0768. The standard InChI is InChI=1S/C23H24ClFN4O2S/c1-14-3-2-4-15(5-14)10-29-11-17(8-21(29)24)22(30)18-9-26-13-27-23(18)28-20-7-16(12-32-31)6-19(20)25/h2-5,8-9,11,13,16,19-20,31H,6-7,10,12H2,1H3,(H,26,27,28). The number of rotatable bonds is 8. The van der Waals surface area contributed by atoms with E-state index < -0.39 is 12.2 Å². The van der Waals surface area contributed by atoms with Crippen LogP contribution in [-0.4, -0.2) is 42.8 Å². The molecule has 4 rings (SSSR count). The summed E-state index contributed by atoms with van der Waals surface area (Å²) in [7, 11) is 0. The maximum absolute atomic E-state index is 14.5. The van der Waals surface area contributed by atoms with Crippen LogP contribution in [0, 0.1) is 12.8 Å². The van der Waals surface area contributed by atoms with Gasteiger partial charge in [0.2, 0.25) is 0 Å². The highest BCUT2D eigenvalue weighted by atomic mass is 35.5. The molecule has 3 atom stereocenters. The molecule has 168 valence electrons. The largest absolute Gasteiger partial charge is 0.364 e. The SMILES string of the molecule is Cc1cccc(Cn2cc(C(=O)c3cncnc3NC3CC(CSO)CC3F)cc2Cl)c1. The lowest BCUT2D eigenvalue weighted by molar-refractivity contribution is 0.103. The molecule has 2 N–H and O–H groups in total. The van der Waals surface area contributed by atoms with Gasteiger partial charge in [-0.05, 0) is 49.4 Å². The van der Waals surface area contributed by atoms with Crippen molar-refractivity contribution in [2.75, 3.05) is 11.1 Å². The topological polar surface area (TPSA) is 80.0 Å². The molecule has 3 unspecified atom stereocenters. The maximum atomic E-state index is 14.5. The number of ketones is 1. The summed E-state index contributed by atoms with van der Waals surface area (Å²) in [4.78, 5) is 21.4. The molecule has 2 heterocycles. The number of carbonyl (C=O) groups is 1. The van der Waals surface area contributed by atoms with Gasteiger partial charge in [-0.2, -0.15) is 0 Å². The van der Waals surface area contributed by atoms with Crippen LogP contribution in [0.1, 0.15) is 39.9 Å². The fourth-order valence-electron chi connectivity index (χ4n) is 4.15. The number of nitrogens with zero attached hydrogens (tertiary/aromatic N) is 3. The van der Waals surface area contributed by atoms with E-state index in [1.54, 1.807) is 12.3 Å². The number of nitrogens with one attached hydrogen (secondary N) is 1. The number of benzene rings is 1. The Balaban J connectivity index is 1.53. The number of carbonyl (C=O) groups excluding carboxylic acids is 1. The maximum Gasteiger partial charge on any atom is 0.199 e. The molecule has 2 aromatic heterocycles. The molecular weight excluding hydrogens is 451 g/mol. The highest BCUT2D eigenvalue weighted by Crippen LogP contribution is 2.33. The summed E-state index contributed by atoms with van der Waals surface area (Å²) in [6.45, 7) is 2.57. The van der Waals surface area contributed by atoms with Crippen molar-refractivity contribution in [3.8, 4) is 0 Å². The van der Waals surface area contributed by atoms with E-state index in [-0.39, 0.29) is 17.3 Å². The zero-order chi connectivity index (χ0) is 22.7. The van der Waals surface area contributed by atoms with Gasteiger partial charge in [-0.3, -0.25) is 4.79 Å². The van der Waals surface area contributed by atoms with Gasteiger partial charge in [0.15, 0.2) is 5.78 Å². The van der Waals surface area contributed by atoms with Crippen LogP contribution < -0.4 is 5.32 Å². The smallest absolute Gasteiger partial charge is 0.199 e. The van der Waals surface area contributed by atoms with Crippen LogP contribution in [0.3, 0.4) is 0 Å². The van der Waals surface area contributed by atoms with Crippen LogP contribution in [0.5, 0.6) is 0 Å². The Labute approximate surface area is 195 Å². The first kappa shape index (κ1) is 22.8. The number of alkyl halides is 1. The molecular formula is C23H24ClFN4O2S. The van der Waals surface area contributed by atoms with E-state index in [0.29, 0.717) is 41.7 Å². The van der Waals surface area contributed by atoms with E-state index >= 15 is 0 Å². The summed E-state index contributed by atoms with van der Waals surface area (Å²) in [5, 5.41) is 3.54. The highest BCUT2D eigenvalue weighted by Gasteiger charge is 2.35. The second-order valence-electron chi connectivity index (χ2n) is 8.18. The average Bonchev–Trinajstić information content (AvgIpc) is 3.30. The van der Waals surface area contributed by atoms with Crippen molar-refractivity contribution in [3.05, 3.63) is 76.5 Å². The zero-order valence-corrected chi connectivity index (χ0v) is 19.1. The summed E-state index contributed by atoms with van der Waals surface area (Å²) in [5.74, 6) is 0.584.